The summed E-state index contributed by atoms with van der Waals surface area (Å²) in [4.78, 5) is 13.9. The van der Waals surface area contributed by atoms with E-state index >= 15 is 0 Å². The third kappa shape index (κ3) is 4.16. The van der Waals surface area contributed by atoms with Crippen LogP contribution in [0.1, 0.15) is 18.3 Å². The second-order valence-electron chi connectivity index (χ2n) is 5.50. The first kappa shape index (κ1) is 15.2. The molecule has 1 aromatic heterocycles. The number of nitrogens with zero attached hydrogens (tertiary/aromatic N) is 3. The predicted molar refractivity (Wildman–Crippen MR) is 83.2 cm³/mol. The van der Waals surface area contributed by atoms with Gasteiger partial charge in [-0.25, -0.2) is 4.79 Å². The first-order valence-electron chi connectivity index (χ1n) is 7.18. The Morgan fingerprint density at radius 1 is 1.45 bits per heavy atom. The van der Waals surface area contributed by atoms with Gasteiger partial charge in [-0.05, 0) is 25.8 Å². The quantitative estimate of drug-likeness (QED) is 0.923. The second-order valence-corrected chi connectivity index (χ2v) is 6.72. The molecule has 1 aliphatic rings. The van der Waals surface area contributed by atoms with Gasteiger partial charge in [-0.2, -0.15) is 16.9 Å². The lowest BCUT2D eigenvalue weighted by Crippen LogP contribution is -2.45. The van der Waals surface area contributed by atoms with E-state index in [1.54, 1.807) is 0 Å². The Kier molecular flexibility index (Phi) is 5.34. The van der Waals surface area contributed by atoms with E-state index in [0.717, 1.165) is 36.8 Å². The maximum atomic E-state index is 12.0. The number of thioether (sulfide) groups is 1. The zero-order chi connectivity index (χ0) is 14.5. The molecule has 0 saturated carbocycles. The summed E-state index contributed by atoms with van der Waals surface area (Å²) in [5, 5.41) is 7.49. The largest absolute Gasteiger partial charge is 0.338 e. The van der Waals surface area contributed by atoms with Crippen LogP contribution >= 0.6 is 11.8 Å². The van der Waals surface area contributed by atoms with Crippen LogP contribution in [0.2, 0.25) is 0 Å². The average molecular weight is 296 g/mol. The Morgan fingerprint density at radius 3 is 2.75 bits per heavy atom. The Morgan fingerprint density at radius 2 is 2.15 bits per heavy atom. The lowest BCUT2D eigenvalue weighted by molar-refractivity contribution is 0.200. The van der Waals surface area contributed by atoms with E-state index in [9.17, 15) is 4.79 Å². The second kappa shape index (κ2) is 7.02. The molecule has 0 aliphatic carbocycles. The SMILES string of the molecule is Cc1cc(C)n(C[C@H](C)CNC(=O)N2CCSCC2)n1. The van der Waals surface area contributed by atoms with E-state index in [1.807, 2.05) is 28.3 Å². The van der Waals surface area contributed by atoms with E-state index in [1.165, 1.54) is 5.69 Å². The molecule has 2 heterocycles. The van der Waals surface area contributed by atoms with E-state index < -0.39 is 0 Å². The number of amides is 2. The maximum absolute atomic E-state index is 12.0. The molecule has 20 heavy (non-hydrogen) atoms. The average Bonchev–Trinajstić information content (AvgIpc) is 2.75. The number of aryl methyl sites for hydroxylation is 2. The van der Waals surface area contributed by atoms with Crippen LogP contribution in [-0.2, 0) is 6.54 Å². The van der Waals surface area contributed by atoms with Crippen LogP contribution in [0.25, 0.3) is 0 Å². The van der Waals surface area contributed by atoms with Crippen molar-refractivity contribution in [2.75, 3.05) is 31.1 Å². The van der Waals surface area contributed by atoms with Crippen LogP contribution in [0.4, 0.5) is 4.79 Å². The van der Waals surface area contributed by atoms with Crippen molar-refractivity contribution in [2.24, 2.45) is 5.92 Å². The van der Waals surface area contributed by atoms with Crippen LogP contribution in [0, 0.1) is 19.8 Å². The summed E-state index contributed by atoms with van der Waals surface area (Å²) in [5.41, 5.74) is 2.22. The van der Waals surface area contributed by atoms with Crippen molar-refractivity contribution in [3.63, 3.8) is 0 Å². The molecule has 6 heteroatoms. The molecule has 1 saturated heterocycles. The number of carbonyl (C=O) groups excluding carboxylic acids is 1. The Bertz CT molecular complexity index is 454. The number of hydrogen-bond acceptors (Lipinski definition) is 3. The minimum Gasteiger partial charge on any atom is -0.338 e. The topological polar surface area (TPSA) is 50.2 Å². The number of nitrogens with one attached hydrogen (secondary N) is 1. The summed E-state index contributed by atoms with van der Waals surface area (Å²) in [5.74, 6) is 2.47. The lowest BCUT2D eigenvalue weighted by atomic mass is 10.2. The Labute approximate surface area is 125 Å². The van der Waals surface area contributed by atoms with Crippen molar-refractivity contribution in [3.05, 3.63) is 17.5 Å². The number of hydrogen-bond donors (Lipinski definition) is 1. The molecular formula is C14H24N4OS. The highest BCUT2D eigenvalue weighted by Gasteiger charge is 2.17. The number of rotatable bonds is 4. The van der Waals surface area contributed by atoms with Gasteiger partial charge in [-0.1, -0.05) is 6.92 Å². The van der Waals surface area contributed by atoms with Crippen LogP contribution in [0.3, 0.4) is 0 Å². The van der Waals surface area contributed by atoms with Gasteiger partial charge in [0.25, 0.3) is 0 Å². The van der Waals surface area contributed by atoms with E-state index in [0.29, 0.717) is 12.5 Å². The maximum Gasteiger partial charge on any atom is 0.317 e. The van der Waals surface area contributed by atoms with Crippen molar-refractivity contribution in [2.45, 2.75) is 27.3 Å². The van der Waals surface area contributed by atoms with Crippen molar-refractivity contribution in [1.29, 1.82) is 0 Å². The molecule has 1 aromatic rings. The molecule has 0 bridgehead atoms. The molecule has 5 nitrogen and oxygen atoms in total. The van der Waals surface area contributed by atoms with Gasteiger partial charge in [0.15, 0.2) is 0 Å². The summed E-state index contributed by atoms with van der Waals surface area (Å²) in [7, 11) is 0. The van der Waals surface area contributed by atoms with Crippen molar-refractivity contribution < 1.29 is 4.79 Å². The fourth-order valence-electron chi connectivity index (χ4n) is 2.36. The van der Waals surface area contributed by atoms with Crippen LogP contribution in [0.5, 0.6) is 0 Å². The highest BCUT2D eigenvalue weighted by Crippen LogP contribution is 2.09. The van der Waals surface area contributed by atoms with Gasteiger partial charge in [0.05, 0.1) is 5.69 Å². The first-order valence-corrected chi connectivity index (χ1v) is 8.33. The number of carbonyl (C=O) groups is 1. The van der Waals surface area contributed by atoms with Crippen molar-refractivity contribution >= 4 is 17.8 Å². The third-order valence-corrected chi connectivity index (χ3v) is 4.43. The Balaban J connectivity index is 1.75. The van der Waals surface area contributed by atoms with Gasteiger partial charge in [-0.3, -0.25) is 4.68 Å². The van der Waals surface area contributed by atoms with Gasteiger partial charge < -0.3 is 10.2 Å². The van der Waals surface area contributed by atoms with Crippen LogP contribution < -0.4 is 5.32 Å². The smallest absolute Gasteiger partial charge is 0.317 e. The van der Waals surface area contributed by atoms with E-state index in [-0.39, 0.29) is 6.03 Å². The molecule has 1 aliphatic heterocycles. The van der Waals surface area contributed by atoms with Crippen LogP contribution in [-0.4, -0.2) is 51.9 Å². The van der Waals surface area contributed by atoms with Crippen molar-refractivity contribution in [1.82, 2.24) is 20.0 Å². The standard InChI is InChI=1S/C14H24N4OS/c1-11(10-18-13(3)8-12(2)16-18)9-15-14(19)17-4-6-20-7-5-17/h8,11H,4-7,9-10H2,1-3H3,(H,15,19)/t11-/m1/s1. The molecule has 1 N–H and O–H groups in total. The first-order chi connectivity index (χ1) is 9.56. The minimum atomic E-state index is 0.0746. The predicted octanol–water partition coefficient (Wildman–Crippen LogP) is 1.89. The lowest BCUT2D eigenvalue weighted by Gasteiger charge is -2.27. The Hall–Kier alpha value is -1.17. The molecule has 2 amide bonds. The number of urea groups is 1. The molecule has 0 spiro atoms. The van der Waals surface area contributed by atoms with E-state index in [2.05, 4.69) is 30.3 Å². The van der Waals surface area contributed by atoms with Gasteiger partial charge in [0.1, 0.15) is 0 Å². The molecule has 0 unspecified atom stereocenters. The summed E-state index contributed by atoms with van der Waals surface area (Å²) in [6.45, 7) is 9.48. The zero-order valence-electron chi connectivity index (χ0n) is 12.6. The summed E-state index contributed by atoms with van der Waals surface area (Å²) in [6, 6.07) is 2.15. The monoisotopic (exact) mass is 296 g/mol. The highest BCUT2D eigenvalue weighted by molar-refractivity contribution is 7.99. The molecule has 0 radical (unpaired) electrons. The van der Waals surface area contributed by atoms with Crippen molar-refractivity contribution in [3.8, 4) is 0 Å². The highest BCUT2D eigenvalue weighted by atomic mass is 32.2. The van der Waals surface area contributed by atoms with Gasteiger partial charge >= 0.3 is 6.03 Å². The molecule has 2 rings (SSSR count). The van der Waals surface area contributed by atoms with Crippen LogP contribution in [0.15, 0.2) is 6.07 Å². The zero-order valence-corrected chi connectivity index (χ0v) is 13.4. The fourth-order valence-corrected chi connectivity index (χ4v) is 3.26. The number of aromatic nitrogens is 2. The third-order valence-electron chi connectivity index (χ3n) is 3.49. The normalized spacial score (nSPS) is 17.1. The molecule has 112 valence electrons. The molecule has 1 atom stereocenters. The molecule has 0 aromatic carbocycles. The summed E-state index contributed by atoms with van der Waals surface area (Å²) in [6.07, 6.45) is 0. The summed E-state index contributed by atoms with van der Waals surface area (Å²) < 4.78 is 2.02. The summed E-state index contributed by atoms with van der Waals surface area (Å²) >= 11 is 1.91. The molecule has 1 fully saturated rings. The van der Waals surface area contributed by atoms with Gasteiger partial charge in [0.2, 0.25) is 0 Å². The minimum absolute atomic E-state index is 0.0746. The fraction of sp³-hybridized carbons (Fsp3) is 0.714. The molecular weight excluding hydrogens is 272 g/mol. The van der Waals surface area contributed by atoms with Gasteiger partial charge in [0, 0.05) is 43.4 Å². The van der Waals surface area contributed by atoms with Gasteiger partial charge in [-0.15, -0.1) is 0 Å². The van der Waals surface area contributed by atoms with E-state index in [4.69, 9.17) is 0 Å².